The second kappa shape index (κ2) is 20.5. The minimum atomic E-state index is 0.515. The Hall–Kier alpha value is -10.4. The van der Waals surface area contributed by atoms with Gasteiger partial charge < -0.3 is 9.13 Å². The van der Waals surface area contributed by atoms with Crippen molar-refractivity contribution in [2.45, 2.75) is 55.4 Å². The van der Waals surface area contributed by atoms with Crippen LogP contribution < -0.4 is 0 Å². The lowest BCUT2D eigenvalue weighted by atomic mass is 9.95. The quantitative estimate of drug-likeness (QED) is 0.145. The van der Waals surface area contributed by atoms with Gasteiger partial charge in [0.1, 0.15) is 6.07 Å². The molecule has 0 bridgehead atoms. The molecule has 3 aromatic heterocycles. The Balaban J connectivity index is 1.10. The van der Waals surface area contributed by atoms with E-state index < -0.39 is 0 Å². The lowest BCUT2D eigenvalue weighted by Gasteiger charge is -2.19. The first-order valence-electron chi connectivity index (χ1n) is 28.9. The maximum absolute atomic E-state index is 11.9. The Labute approximate surface area is 491 Å². The first kappa shape index (κ1) is 51.7. The molecular formula is C79H61N5. The van der Waals surface area contributed by atoms with Gasteiger partial charge in [-0.15, -0.1) is 0 Å². The van der Waals surface area contributed by atoms with Gasteiger partial charge in [0.05, 0.1) is 50.4 Å². The number of fused-ring (bicyclic) bond motifs is 6. The van der Waals surface area contributed by atoms with Crippen molar-refractivity contribution >= 4 is 43.6 Å². The molecular weight excluding hydrogens is 1020 g/mol. The fourth-order valence-corrected chi connectivity index (χ4v) is 13.1. The van der Waals surface area contributed by atoms with Gasteiger partial charge in [-0.1, -0.05) is 180 Å². The number of aryl methyl sites for hydroxylation is 8. The third kappa shape index (κ3) is 8.95. The number of nitriles is 1. The topological polar surface area (TPSA) is 59.4 Å². The van der Waals surface area contributed by atoms with E-state index in [2.05, 4.69) is 283 Å². The molecule has 0 fully saturated rings. The van der Waals surface area contributed by atoms with Crippen LogP contribution in [-0.2, 0) is 0 Å². The van der Waals surface area contributed by atoms with Gasteiger partial charge in [-0.3, -0.25) is 0 Å². The summed E-state index contributed by atoms with van der Waals surface area (Å²) in [6, 6.07) is 84.0. The fourth-order valence-electron chi connectivity index (χ4n) is 13.1. The molecule has 14 rings (SSSR count). The minimum Gasteiger partial charge on any atom is -0.308 e. The molecule has 0 aliphatic rings. The monoisotopic (exact) mass is 1080 g/mol. The third-order valence-electron chi connectivity index (χ3n) is 17.1. The van der Waals surface area contributed by atoms with Crippen LogP contribution in [0.5, 0.6) is 0 Å². The summed E-state index contributed by atoms with van der Waals surface area (Å²) in [6.07, 6.45) is 0. The molecule has 0 amide bonds. The summed E-state index contributed by atoms with van der Waals surface area (Å²) in [7, 11) is 0. The largest absolute Gasteiger partial charge is 0.308 e. The van der Waals surface area contributed by atoms with Crippen LogP contribution in [0.25, 0.3) is 133 Å². The first-order valence-corrected chi connectivity index (χ1v) is 28.9. The van der Waals surface area contributed by atoms with E-state index in [1.165, 1.54) is 66.8 Å². The summed E-state index contributed by atoms with van der Waals surface area (Å²) >= 11 is 0. The molecule has 5 nitrogen and oxygen atoms in total. The van der Waals surface area contributed by atoms with Gasteiger partial charge in [-0.05, 0) is 189 Å². The van der Waals surface area contributed by atoms with Gasteiger partial charge in [0.25, 0.3) is 0 Å². The van der Waals surface area contributed by atoms with Crippen LogP contribution in [0.2, 0.25) is 0 Å². The van der Waals surface area contributed by atoms with Crippen molar-refractivity contribution in [1.29, 1.82) is 5.26 Å². The average molecular weight is 1080 g/mol. The highest BCUT2D eigenvalue weighted by Crippen LogP contribution is 2.45. The molecule has 0 aliphatic carbocycles. The van der Waals surface area contributed by atoms with E-state index in [0.29, 0.717) is 11.4 Å². The number of nitrogens with zero attached hydrogens (tertiary/aromatic N) is 5. The predicted molar refractivity (Wildman–Crippen MR) is 351 cm³/mol. The van der Waals surface area contributed by atoms with Crippen LogP contribution in [0, 0.1) is 66.7 Å². The smallest absolute Gasteiger partial charge is 0.162 e. The molecule has 0 saturated carbocycles. The summed E-state index contributed by atoms with van der Waals surface area (Å²) in [5.74, 6) is 0.541. The molecule has 0 saturated heterocycles. The number of hydrogen-bond acceptors (Lipinski definition) is 3. The second-order valence-electron chi connectivity index (χ2n) is 23.1. The highest BCUT2D eigenvalue weighted by atomic mass is 15.0. The van der Waals surface area contributed by atoms with Crippen LogP contribution in [-0.4, -0.2) is 19.1 Å². The van der Waals surface area contributed by atoms with Crippen LogP contribution in [0.3, 0.4) is 0 Å². The van der Waals surface area contributed by atoms with E-state index in [9.17, 15) is 5.26 Å². The Bertz CT molecular complexity index is 4770. The minimum absolute atomic E-state index is 0.515. The predicted octanol–water partition coefficient (Wildman–Crippen LogP) is 20.7. The molecule has 0 unspecified atom stereocenters. The van der Waals surface area contributed by atoms with Crippen LogP contribution >= 0.6 is 0 Å². The number of rotatable bonds is 9. The van der Waals surface area contributed by atoms with Crippen molar-refractivity contribution in [3.63, 3.8) is 0 Å². The van der Waals surface area contributed by atoms with Crippen molar-refractivity contribution in [3.05, 3.63) is 275 Å². The molecule has 402 valence electrons. The summed E-state index contributed by atoms with van der Waals surface area (Å²) in [5, 5.41) is 16.3. The van der Waals surface area contributed by atoms with Crippen LogP contribution in [0.4, 0.5) is 0 Å². The lowest BCUT2D eigenvalue weighted by Crippen LogP contribution is -2.06. The van der Waals surface area contributed by atoms with E-state index in [1.807, 2.05) is 12.1 Å². The van der Waals surface area contributed by atoms with E-state index in [4.69, 9.17) is 9.97 Å². The van der Waals surface area contributed by atoms with Gasteiger partial charge in [0.15, 0.2) is 5.82 Å². The Morgan fingerprint density at radius 3 is 0.952 bits per heavy atom. The molecule has 5 heteroatoms. The Morgan fingerprint density at radius 1 is 0.298 bits per heavy atom. The standard InChI is InChI=1S/C79H61N5/c1-47-19-27-62(51(5)35-47)57-23-31-73-66(39-57)67-40-58(63-28-20-48(2)36-52(63)6)24-32-74(67)83(73)77-44-70(79-81-71(55-15-11-9-12-16-55)45-72(82-79)56-17-13-10-14-18-56)78(43-61(77)46-80)84-75-33-25-59(64-29-21-49(3)37-53(64)7)41-68(75)69-42-60(26-34-76(69)84)65-30-22-50(4)38-54(65)8/h9-45H,1-8H3. The van der Waals surface area contributed by atoms with Gasteiger partial charge in [-0.2, -0.15) is 5.26 Å². The molecule has 0 N–H and O–H groups in total. The normalized spacial score (nSPS) is 11.6. The zero-order valence-corrected chi connectivity index (χ0v) is 48.6. The van der Waals surface area contributed by atoms with Crippen LogP contribution in [0.15, 0.2) is 224 Å². The maximum Gasteiger partial charge on any atom is 0.162 e. The van der Waals surface area contributed by atoms with E-state index >= 15 is 0 Å². The number of hydrogen-bond donors (Lipinski definition) is 0. The average Bonchev–Trinajstić information content (AvgIpc) is 1.75. The SMILES string of the molecule is Cc1ccc(-c2ccc3c(c2)c2cc(-c4ccc(C)cc4C)ccc2n3-c2cc(-c3nc(-c4ccccc4)cc(-c4ccccc4)n3)c(-n3c4ccc(-c5ccc(C)cc5C)cc4c4cc(-c5ccc(C)cc5C)ccc43)cc2C#N)c(C)c1. The lowest BCUT2D eigenvalue weighted by molar-refractivity contribution is 1.11. The molecule has 0 spiro atoms. The van der Waals surface area contributed by atoms with Crippen molar-refractivity contribution < 1.29 is 0 Å². The molecule has 0 atom stereocenters. The fraction of sp³-hybridized carbons (Fsp3) is 0.101. The Morgan fingerprint density at radius 2 is 0.631 bits per heavy atom. The zero-order valence-electron chi connectivity index (χ0n) is 48.6. The van der Waals surface area contributed by atoms with Gasteiger partial charge >= 0.3 is 0 Å². The summed E-state index contributed by atoms with van der Waals surface area (Å²) < 4.78 is 4.65. The van der Waals surface area contributed by atoms with Crippen molar-refractivity contribution in [2.75, 3.05) is 0 Å². The van der Waals surface area contributed by atoms with Crippen molar-refractivity contribution in [2.24, 2.45) is 0 Å². The molecule has 3 heterocycles. The molecule has 14 aromatic rings. The highest BCUT2D eigenvalue weighted by molar-refractivity contribution is 6.14. The van der Waals surface area contributed by atoms with Gasteiger partial charge in [0, 0.05) is 38.2 Å². The Kier molecular flexibility index (Phi) is 12.6. The molecule has 0 aliphatic heterocycles. The van der Waals surface area contributed by atoms with Crippen molar-refractivity contribution in [3.8, 4) is 95.9 Å². The summed E-state index contributed by atoms with van der Waals surface area (Å²) in [5.41, 5.74) is 29.5. The van der Waals surface area contributed by atoms with Gasteiger partial charge in [0.2, 0.25) is 0 Å². The molecule has 0 radical (unpaired) electrons. The van der Waals surface area contributed by atoms with Crippen LogP contribution in [0.1, 0.15) is 50.1 Å². The second-order valence-corrected chi connectivity index (χ2v) is 23.1. The van der Waals surface area contributed by atoms with E-state index in [-0.39, 0.29) is 0 Å². The number of aromatic nitrogens is 4. The third-order valence-corrected chi connectivity index (χ3v) is 17.1. The maximum atomic E-state index is 11.9. The van der Waals surface area contributed by atoms with E-state index in [0.717, 1.165) is 105 Å². The molecule has 11 aromatic carbocycles. The van der Waals surface area contributed by atoms with Crippen molar-refractivity contribution in [1.82, 2.24) is 19.1 Å². The highest BCUT2D eigenvalue weighted by Gasteiger charge is 2.26. The summed E-state index contributed by atoms with van der Waals surface area (Å²) in [4.78, 5) is 11.2. The van der Waals surface area contributed by atoms with Gasteiger partial charge in [-0.25, -0.2) is 9.97 Å². The first-order chi connectivity index (χ1) is 40.8. The van der Waals surface area contributed by atoms with E-state index in [1.54, 1.807) is 0 Å². The zero-order chi connectivity index (χ0) is 57.5. The molecule has 84 heavy (non-hydrogen) atoms. The number of benzene rings is 11. The summed E-state index contributed by atoms with van der Waals surface area (Å²) in [6.45, 7) is 17.4.